The number of amides is 2. The van der Waals surface area contributed by atoms with Crippen molar-refractivity contribution in [2.45, 2.75) is 39.4 Å². The van der Waals surface area contributed by atoms with E-state index >= 15 is 0 Å². The first-order chi connectivity index (χ1) is 7.74. The van der Waals surface area contributed by atoms with Crippen LogP contribution in [-0.4, -0.2) is 36.4 Å². The lowest BCUT2D eigenvalue weighted by molar-refractivity contribution is -0.125. The summed E-state index contributed by atoms with van der Waals surface area (Å²) < 4.78 is 0. The van der Waals surface area contributed by atoms with Crippen molar-refractivity contribution in [1.29, 1.82) is 0 Å². The summed E-state index contributed by atoms with van der Waals surface area (Å²) in [5.74, 6) is 0.798. The van der Waals surface area contributed by atoms with E-state index in [0.29, 0.717) is 6.54 Å². The summed E-state index contributed by atoms with van der Waals surface area (Å²) in [6, 6.07) is 0. The molecule has 0 saturated carbocycles. The maximum absolute atomic E-state index is 11.1. The van der Waals surface area contributed by atoms with Crippen LogP contribution in [0.25, 0.3) is 0 Å². The Labute approximate surface area is 103 Å². The van der Waals surface area contributed by atoms with E-state index in [1.165, 1.54) is 0 Å². The minimum absolute atomic E-state index is 0.0187. The molecule has 5 heteroatoms. The fraction of sp³-hybridized carbons (Fsp3) is 0.818. The first kappa shape index (κ1) is 17.7. The van der Waals surface area contributed by atoms with E-state index in [4.69, 9.17) is 0 Å². The predicted molar refractivity (Wildman–Crippen MR) is 70.6 cm³/mol. The van der Waals surface area contributed by atoms with Crippen LogP contribution < -0.4 is 10.6 Å². The first-order valence-corrected chi connectivity index (χ1v) is 6.89. The highest BCUT2D eigenvalue weighted by molar-refractivity contribution is 8.00. The highest BCUT2D eigenvalue weighted by atomic mass is 32.2. The van der Waals surface area contributed by atoms with E-state index in [1.54, 1.807) is 18.8 Å². The van der Waals surface area contributed by atoms with Gasteiger partial charge in [0, 0.05) is 25.8 Å². The summed E-state index contributed by atoms with van der Waals surface area (Å²) in [6.07, 6.45) is 0.285. The monoisotopic (exact) mass is 248 g/mol. The van der Waals surface area contributed by atoms with Crippen LogP contribution >= 0.6 is 11.8 Å². The molecule has 0 aromatic rings. The van der Waals surface area contributed by atoms with Gasteiger partial charge in [-0.15, -0.1) is 11.8 Å². The van der Waals surface area contributed by atoms with Gasteiger partial charge >= 0.3 is 0 Å². The number of hydrogen-bond acceptors (Lipinski definition) is 3. The van der Waals surface area contributed by atoms with Crippen LogP contribution in [0.3, 0.4) is 0 Å². The normalized spacial score (nSPS) is 18.1. The number of carbonyl (C=O) groups excluding carboxylic acids is 2. The zero-order chi connectivity index (χ0) is 13.0. The molecule has 1 aliphatic rings. The summed E-state index contributed by atoms with van der Waals surface area (Å²) in [4.78, 5) is 22.1. The average molecular weight is 248 g/mol. The molecule has 96 valence electrons. The van der Waals surface area contributed by atoms with E-state index in [-0.39, 0.29) is 23.5 Å². The molecule has 1 unspecified atom stereocenters. The Balaban J connectivity index is 0. The fourth-order valence-electron chi connectivity index (χ4n) is 0.987. The molecule has 0 spiro atoms. The zero-order valence-corrected chi connectivity index (χ0v) is 11.7. The van der Waals surface area contributed by atoms with Crippen molar-refractivity contribution in [3.05, 3.63) is 0 Å². The Morgan fingerprint density at radius 1 is 1.44 bits per heavy atom. The van der Waals surface area contributed by atoms with E-state index in [2.05, 4.69) is 10.6 Å². The van der Waals surface area contributed by atoms with Crippen LogP contribution in [0, 0.1) is 0 Å². The van der Waals surface area contributed by atoms with Gasteiger partial charge < -0.3 is 10.6 Å². The number of carbonyl (C=O) groups is 2. The number of thioether (sulfide) groups is 1. The SMILES string of the molecule is CC.CC.CNC(=O)CC1SCCNC1=O. The van der Waals surface area contributed by atoms with Gasteiger partial charge in [0.1, 0.15) is 0 Å². The molecule has 2 N–H and O–H groups in total. The molecule has 1 aliphatic heterocycles. The van der Waals surface area contributed by atoms with E-state index in [0.717, 1.165) is 5.75 Å². The maximum Gasteiger partial charge on any atom is 0.233 e. The Morgan fingerprint density at radius 2 is 2.00 bits per heavy atom. The second-order valence-electron chi connectivity index (χ2n) is 2.53. The second-order valence-corrected chi connectivity index (χ2v) is 3.84. The number of nitrogens with one attached hydrogen (secondary N) is 2. The van der Waals surface area contributed by atoms with Crippen molar-refractivity contribution >= 4 is 23.6 Å². The third-order valence-corrected chi connectivity index (χ3v) is 2.89. The van der Waals surface area contributed by atoms with Crippen LogP contribution in [0.2, 0.25) is 0 Å². The molecule has 0 aromatic heterocycles. The minimum atomic E-state index is -0.196. The number of hydrogen-bond donors (Lipinski definition) is 2. The molecule has 1 fully saturated rings. The van der Waals surface area contributed by atoms with Crippen molar-refractivity contribution in [1.82, 2.24) is 10.6 Å². The van der Waals surface area contributed by atoms with Gasteiger partial charge in [0.05, 0.1) is 5.25 Å². The standard InChI is InChI=1S/C7H12N2O2S.2C2H6/c1-8-6(10)4-5-7(11)9-2-3-12-5;2*1-2/h5H,2-4H2,1H3,(H,8,10)(H,9,11);2*1-2H3. The molecule has 0 bridgehead atoms. The van der Waals surface area contributed by atoms with E-state index in [9.17, 15) is 9.59 Å². The topological polar surface area (TPSA) is 58.2 Å². The summed E-state index contributed by atoms with van der Waals surface area (Å²) in [7, 11) is 1.58. The van der Waals surface area contributed by atoms with Crippen LogP contribution in [-0.2, 0) is 9.59 Å². The van der Waals surface area contributed by atoms with Gasteiger partial charge in [-0.1, -0.05) is 27.7 Å². The van der Waals surface area contributed by atoms with Crippen LogP contribution in [0.5, 0.6) is 0 Å². The van der Waals surface area contributed by atoms with Gasteiger partial charge in [0.25, 0.3) is 0 Å². The van der Waals surface area contributed by atoms with Gasteiger partial charge in [-0.2, -0.15) is 0 Å². The first-order valence-electron chi connectivity index (χ1n) is 5.84. The zero-order valence-electron chi connectivity index (χ0n) is 10.9. The van der Waals surface area contributed by atoms with Gasteiger partial charge in [-0.3, -0.25) is 9.59 Å². The highest BCUT2D eigenvalue weighted by Crippen LogP contribution is 2.17. The van der Waals surface area contributed by atoms with Gasteiger partial charge in [-0.05, 0) is 0 Å². The summed E-state index contributed by atoms with van der Waals surface area (Å²) in [5.41, 5.74) is 0. The molecule has 2 amide bonds. The van der Waals surface area contributed by atoms with Crippen LogP contribution in [0.15, 0.2) is 0 Å². The summed E-state index contributed by atoms with van der Waals surface area (Å²) in [6.45, 7) is 8.72. The Bertz CT molecular complexity index is 198. The molecule has 1 heterocycles. The molecule has 1 rings (SSSR count). The van der Waals surface area contributed by atoms with E-state index in [1.807, 2.05) is 27.7 Å². The summed E-state index contributed by atoms with van der Waals surface area (Å²) in [5, 5.41) is 5.03. The van der Waals surface area contributed by atoms with Gasteiger partial charge in [-0.25, -0.2) is 0 Å². The Hall–Kier alpha value is -0.710. The molecule has 1 atom stereocenters. The molecule has 1 saturated heterocycles. The summed E-state index contributed by atoms with van der Waals surface area (Å²) >= 11 is 1.54. The molecule has 0 aromatic carbocycles. The van der Waals surface area contributed by atoms with E-state index < -0.39 is 0 Å². The fourth-order valence-corrected chi connectivity index (χ4v) is 2.00. The molecule has 4 nitrogen and oxygen atoms in total. The molecule has 16 heavy (non-hydrogen) atoms. The molecular weight excluding hydrogens is 224 g/mol. The minimum Gasteiger partial charge on any atom is -0.359 e. The molecule has 0 aliphatic carbocycles. The van der Waals surface area contributed by atoms with Crippen molar-refractivity contribution in [2.75, 3.05) is 19.3 Å². The lowest BCUT2D eigenvalue weighted by Gasteiger charge is -2.20. The maximum atomic E-state index is 11.1. The highest BCUT2D eigenvalue weighted by Gasteiger charge is 2.24. The van der Waals surface area contributed by atoms with Gasteiger partial charge in [0.2, 0.25) is 11.8 Å². The quantitative estimate of drug-likeness (QED) is 0.777. The third-order valence-electron chi connectivity index (χ3n) is 1.66. The van der Waals surface area contributed by atoms with Gasteiger partial charge in [0.15, 0.2) is 0 Å². The second kappa shape index (κ2) is 12.4. The lowest BCUT2D eigenvalue weighted by Crippen LogP contribution is -2.41. The van der Waals surface area contributed by atoms with Crippen molar-refractivity contribution in [2.24, 2.45) is 0 Å². The molecule has 0 radical (unpaired) electrons. The van der Waals surface area contributed by atoms with Crippen molar-refractivity contribution in [3.63, 3.8) is 0 Å². The van der Waals surface area contributed by atoms with Crippen LogP contribution in [0.1, 0.15) is 34.1 Å². The van der Waals surface area contributed by atoms with Crippen molar-refractivity contribution < 1.29 is 9.59 Å². The Kier molecular flexibility index (Phi) is 13.7. The third kappa shape index (κ3) is 7.56. The predicted octanol–water partition coefficient (Wildman–Crippen LogP) is 1.41. The van der Waals surface area contributed by atoms with Crippen LogP contribution in [0.4, 0.5) is 0 Å². The lowest BCUT2D eigenvalue weighted by atomic mass is 10.2. The largest absolute Gasteiger partial charge is 0.359 e. The Morgan fingerprint density at radius 3 is 2.44 bits per heavy atom. The average Bonchev–Trinajstić information content (AvgIpc) is 2.37. The van der Waals surface area contributed by atoms with Crippen molar-refractivity contribution in [3.8, 4) is 0 Å². The molecular formula is C11H24N2O2S. The smallest absolute Gasteiger partial charge is 0.233 e. The number of rotatable bonds is 2.